The molecule has 1 amide bonds. The van der Waals surface area contributed by atoms with Gasteiger partial charge in [-0.15, -0.1) is 0 Å². The van der Waals surface area contributed by atoms with Crippen LogP contribution in [0.25, 0.3) is 0 Å². The van der Waals surface area contributed by atoms with Crippen LogP contribution in [0.2, 0.25) is 0 Å². The highest BCUT2D eigenvalue weighted by Crippen LogP contribution is 2.03. The van der Waals surface area contributed by atoms with E-state index in [1.54, 1.807) is 25.4 Å². The minimum absolute atomic E-state index is 0.239. The maximum atomic E-state index is 12.0. The topological polar surface area (TPSA) is 86.5 Å². The number of aromatic nitrogens is 1. The highest BCUT2D eigenvalue weighted by molar-refractivity contribution is 5.94. The second kappa shape index (κ2) is 9.92. The maximum absolute atomic E-state index is 12.0. The van der Waals surface area contributed by atoms with Crippen LogP contribution in [-0.2, 0) is 9.47 Å². The predicted molar refractivity (Wildman–Crippen MR) is 75.2 cm³/mol. The van der Waals surface area contributed by atoms with Crippen molar-refractivity contribution in [1.82, 2.24) is 10.3 Å². The summed E-state index contributed by atoms with van der Waals surface area (Å²) >= 11 is 0. The zero-order valence-electron chi connectivity index (χ0n) is 11.5. The molecular weight excluding hydrogens is 258 g/mol. The Labute approximate surface area is 118 Å². The van der Waals surface area contributed by atoms with E-state index in [4.69, 9.17) is 15.2 Å². The van der Waals surface area contributed by atoms with Crippen molar-refractivity contribution in [1.29, 1.82) is 0 Å². The number of pyridine rings is 1. The van der Waals surface area contributed by atoms with E-state index in [-0.39, 0.29) is 12.5 Å². The molecule has 1 aromatic heterocycles. The van der Waals surface area contributed by atoms with Crippen LogP contribution in [0.4, 0.5) is 0 Å². The molecule has 0 saturated heterocycles. The van der Waals surface area contributed by atoms with Crippen molar-refractivity contribution in [3.8, 4) is 11.8 Å². The number of hydrogen-bond acceptors (Lipinski definition) is 5. The number of nitrogens with two attached hydrogens (primary N) is 1. The van der Waals surface area contributed by atoms with Gasteiger partial charge in [0, 0.05) is 19.9 Å². The first-order valence-electron chi connectivity index (χ1n) is 6.28. The number of nitrogens with one attached hydrogen (secondary N) is 1. The summed E-state index contributed by atoms with van der Waals surface area (Å²) in [7, 11) is 1.61. The second-order valence-electron chi connectivity index (χ2n) is 3.77. The number of amides is 1. The van der Waals surface area contributed by atoms with Crippen molar-refractivity contribution in [3.63, 3.8) is 0 Å². The van der Waals surface area contributed by atoms with Crippen LogP contribution in [0, 0.1) is 11.8 Å². The van der Waals surface area contributed by atoms with Crippen molar-refractivity contribution < 1.29 is 14.3 Å². The van der Waals surface area contributed by atoms with Crippen molar-refractivity contribution in [2.24, 2.45) is 5.73 Å². The Hall–Kier alpha value is -1.94. The minimum Gasteiger partial charge on any atom is -0.382 e. The van der Waals surface area contributed by atoms with Gasteiger partial charge in [0.15, 0.2) is 0 Å². The summed E-state index contributed by atoms with van der Waals surface area (Å²) in [6.45, 7) is 2.11. The Morgan fingerprint density at radius 1 is 1.45 bits per heavy atom. The fourth-order valence-corrected chi connectivity index (χ4v) is 1.40. The third-order valence-electron chi connectivity index (χ3n) is 2.31. The van der Waals surface area contributed by atoms with E-state index >= 15 is 0 Å². The molecule has 0 radical (unpaired) electrons. The average molecular weight is 277 g/mol. The number of rotatable bonds is 7. The van der Waals surface area contributed by atoms with Gasteiger partial charge in [-0.3, -0.25) is 4.79 Å². The molecule has 0 saturated carbocycles. The standard InChI is InChI=1S/C14H19N3O3/c1-19-10-11-20-9-8-17-14(18)13-12(4-2-6-15)5-3-7-16-13/h3,5,7H,6,8-11,15H2,1H3,(H,17,18). The van der Waals surface area contributed by atoms with E-state index in [0.29, 0.717) is 37.6 Å². The maximum Gasteiger partial charge on any atom is 0.271 e. The fraction of sp³-hybridized carbons (Fsp3) is 0.429. The van der Waals surface area contributed by atoms with Crippen LogP contribution in [0.15, 0.2) is 18.3 Å². The molecule has 0 aliphatic rings. The number of ether oxygens (including phenoxy) is 2. The highest BCUT2D eigenvalue weighted by Gasteiger charge is 2.10. The monoisotopic (exact) mass is 277 g/mol. The summed E-state index contributed by atoms with van der Waals surface area (Å²) < 4.78 is 10.1. The lowest BCUT2D eigenvalue weighted by atomic mass is 10.2. The number of carbonyl (C=O) groups is 1. The molecule has 0 spiro atoms. The molecule has 1 rings (SSSR count). The summed E-state index contributed by atoms with van der Waals surface area (Å²) in [6, 6.07) is 3.46. The van der Waals surface area contributed by atoms with E-state index in [0.717, 1.165) is 0 Å². The molecule has 20 heavy (non-hydrogen) atoms. The summed E-state index contributed by atoms with van der Waals surface area (Å²) in [5.41, 5.74) is 6.18. The first-order valence-corrected chi connectivity index (χ1v) is 6.28. The lowest BCUT2D eigenvalue weighted by Gasteiger charge is -2.06. The van der Waals surface area contributed by atoms with Gasteiger partial charge in [-0.1, -0.05) is 11.8 Å². The third-order valence-corrected chi connectivity index (χ3v) is 2.31. The first kappa shape index (κ1) is 16.1. The fourth-order valence-electron chi connectivity index (χ4n) is 1.40. The van der Waals surface area contributed by atoms with Gasteiger partial charge in [0.1, 0.15) is 5.69 Å². The Balaban J connectivity index is 2.47. The molecule has 0 aliphatic carbocycles. The van der Waals surface area contributed by atoms with Gasteiger partial charge in [-0.25, -0.2) is 4.98 Å². The normalized spacial score (nSPS) is 9.70. The van der Waals surface area contributed by atoms with E-state index in [9.17, 15) is 4.79 Å². The van der Waals surface area contributed by atoms with Crippen molar-refractivity contribution in [2.45, 2.75) is 0 Å². The van der Waals surface area contributed by atoms with Crippen LogP contribution in [0.3, 0.4) is 0 Å². The molecule has 1 heterocycles. The van der Waals surface area contributed by atoms with E-state index in [1.165, 1.54) is 0 Å². The highest BCUT2D eigenvalue weighted by atomic mass is 16.5. The molecule has 0 fully saturated rings. The predicted octanol–water partition coefficient (Wildman–Crippen LogP) is -0.215. The van der Waals surface area contributed by atoms with Gasteiger partial charge >= 0.3 is 0 Å². The second-order valence-corrected chi connectivity index (χ2v) is 3.77. The van der Waals surface area contributed by atoms with Crippen molar-refractivity contribution in [3.05, 3.63) is 29.6 Å². The summed E-state index contributed by atoms with van der Waals surface area (Å²) in [5, 5.41) is 2.73. The van der Waals surface area contributed by atoms with Crippen LogP contribution in [0.1, 0.15) is 16.1 Å². The van der Waals surface area contributed by atoms with Gasteiger partial charge in [0.05, 0.1) is 31.9 Å². The molecule has 6 heteroatoms. The molecule has 3 N–H and O–H groups in total. The summed E-state index contributed by atoms with van der Waals surface area (Å²) in [4.78, 5) is 16.0. The first-order chi connectivity index (χ1) is 9.79. The number of nitrogens with zero attached hydrogens (tertiary/aromatic N) is 1. The van der Waals surface area contributed by atoms with Crippen LogP contribution in [-0.4, -0.2) is 50.9 Å². The molecule has 0 aliphatic heterocycles. The zero-order chi connectivity index (χ0) is 14.6. The SMILES string of the molecule is COCCOCCNC(=O)c1ncccc1C#CCN. The van der Waals surface area contributed by atoms with Gasteiger partial charge in [0.2, 0.25) is 0 Å². The Kier molecular flexibility index (Phi) is 7.99. The Morgan fingerprint density at radius 2 is 2.30 bits per heavy atom. The van der Waals surface area contributed by atoms with E-state index < -0.39 is 0 Å². The van der Waals surface area contributed by atoms with Crippen LogP contribution in [0.5, 0.6) is 0 Å². The number of hydrogen-bond donors (Lipinski definition) is 2. The minimum atomic E-state index is -0.276. The molecular formula is C14H19N3O3. The Morgan fingerprint density at radius 3 is 3.05 bits per heavy atom. The molecule has 0 atom stereocenters. The third kappa shape index (κ3) is 5.80. The van der Waals surface area contributed by atoms with E-state index in [2.05, 4.69) is 22.1 Å². The largest absolute Gasteiger partial charge is 0.382 e. The molecule has 108 valence electrons. The van der Waals surface area contributed by atoms with Gasteiger partial charge in [-0.05, 0) is 12.1 Å². The lowest BCUT2D eigenvalue weighted by molar-refractivity contribution is 0.0691. The van der Waals surface area contributed by atoms with E-state index in [1.807, 2.05) is 0 Å². The van der Waals surface area contributed by atoms with Crippen LogP contribution >= 0.6 is 0 Å². The van der Waals surface area contributed by atoms with Gasteiger partial charge in [0.25, 0.3) is 5.91 Å². The molecule has 6 nitrogen and oxygen atoms in total. The van der Waals surface area contributed by atoms with Crippen molar-refractivity contribution >= 4 is 5.91 Å². The molecule has 1 aromatic rings. The quantitative estimate of drug-likeness (QED) is 0.532. The Bertz CT molecular complexity index is 480. The molecule has 0 aromatic carbocycles. The van der Waals surface area contributed by atoms with Gasteiger partial charge < -0.3 is 20.5 Å². The van der Waals surface area contributed by atoms with Gasteiger partial charge in [-0.2, -0.15) is 0 Å². The molecule has 0 bridgehead atoms. The average Bonchev–Trinajstić information content (AvgIpc) is 2.48. The summed E-state index contributed by atoms with van der Waals surface area (Å²) in [5.74, 6) is 5.26. The number of carbonyl (C=O) groups excluding carboxylic acids is 1. The van der Waals surface area contributed by atoms with Crippen LogP contribution < -0.4 is 11.1 Å². The summed E-state index contributed by atoms with van der Waals surface area (Å²) in [6.07, 6.45) is 1.55. The smallest absolute Gasteiger partial charge is 0.271 e. The number of methoxy groups -OCH3 is 1. The molecule has 0 unspecified atom stereocenters. The zero-order valence-corrected chi connectivity index (χ0v) is 11.5. The lowest BCUT2D eigenvalue weighted by Crippen LogP contribution is -2.29. The van der Waals surface area contributed by atoms with Crippen molar-refractivity contribution in [2.75, 3.05) is 40.0 Å².